The summed E-state index contributed by atoms with van der Waals surface area (Å²) in [5, 5.41) is 25.1. The number of anilines is 2. The molecule has 0 radical (unpaired) electrons. The summed E-state index contributed by atoms with van der Waals surface area (Å²) in [5.74, 6) is 2.46. The number of hydrogen-bond acceptors (Lipinski definition) is 10. The lowest BCUT2D eigenvalue weighted by Crippen LogP contribution is -2.68. The monoisotopic (exact) mass is 569 g/mol. The first-order chi connectivity index (χ1) is 20.1. The minimum atomic E-state index is -0.464. The molecule has 42 heavy (non-hydrogen) atoms. The largest absolute Gasteiger partial charge is 0.473 e. The van der Waals surface area contributed by atoms with Crippen LogP contribution < -0.4 is 15.4 Å². The molecule has 3 aromatic rings. The Balaban J connectivity index is 1.32. The molecular formula is C32H39N7O3. The molecule has 2 fully saturated rings. The van der Waals surface area contributed by atoms with E-state index in [1.807, 2.05) is 32.0 Å². The van der Waals surface area contributed by atoms with E-state index in [0.29, 0.717) is 47.1 Å². The van der Waals surface area contributed by atoms with Crippen molar-refractivity contribution in [2.24, 2.45) is 0 Å². The molecule has 7 rings (SSSR count). The number of aliphatic hydroxyl groups is 1. The van der Waals surface area contributed by atoms with Gasteiger partial charge in [-0.25, -0.2) is 4.98 Å². The van der Waals surface area contributed by atoms with Gasteiger partial charge >= 0.3 is 0 Å². The van der Waals surface area contributed by atoms with Crippen molar-refractivity contribution in [3.8, 4) is 23.5 Å². The van der Waals surface area contributed by atoms with Crippen molar-refractivity contribution in [2.45, 2.75) is 94.9 Å². The molecule has 4 unspecified atom stereocenters. The van der Waals surface area contributed by atoms with Crippen LogP contribution in [-0.2, 0) is 18.3 Å². The molecule has 10 heteroatoms. The van der Waals surface area contributed by atoms with Crippen molar-refractivity contribution in [3.63, 3.8) is 0 Å². The van der Waals surface area contributed by atoms with Crippen molar-refractivity contribution in [2.75, 3.05) is 30.8 Å². The van der Waals surface area contributed by atoms with E-state index in [4.69, 9.17) is 25.0 Å². The number of aliphatic hydroxyl groups excluding tert-OH is 1. The lowest BCUT2D eigenvalue weighted by molar-refractivity contribution is 0.0418. The summed E-state index contributed by atoms with van der Waals surface area (Å²) in [6.45, 7) is 7.67. The zero-order valence-corrected chi connectivity index (χ0v) is 24.9. The van der Waals surface area contributed by atoms with Crippen LogP contribution in [0, 0.1) is 11.3 Å². The van der Waals surface area contributed by atoms with Crippen LogP contribution in [0.3, 0.4) is 0 Å². The van der Waals surface area contributed by atoms with Gasteiger partial charge < -0.3 is 25.0 Å². The number of ether oxygens (including phenoxy) is 1. The molecule has 0 amide bonds. The van der Waals surface area contributed by atoms with Crippen LogP contribution in [-0.4, -0.2) is 69.1 Å². The molecule has 1 spiro atoms. The van der Waals surface area contributed by atoms with E-state index >= 15 is 0 Å². The summed E-state index contributed by atoms with van der Waals surface area (Å²) in [7, 11) is 2.14. The van der Waals surface area contributed by atoms with Gasteiger partial charge in [-0.3, -0.25) is 4.90 Å². The molecule has 2 aliphatic carbocycles. The summed E-state index contributed by atoms with van der Waals surface area (Å²) in [6.07, 6.45) is 6.05. The highest BCUT2D eigenvalue weighted by molar-refractivity contribution is 5.68. The number of benzene rings is 1. The molecule has 2 aliphatic heterocycles. The van der Waals surface area contributed by atoms with E-state index in [2.05, 4.69) is 35.0 Å². The Morgan fingerprint density at radius 3 is 2.76 bits per heavy atom. The molecular weight excluding hydrogens is 530 g/mol. The molecule has 1 aromatic carbocycles. The number of nitrogens with two attached hydrogens (primary N) is 1. The topological polar surface area (TPSA) is 138 Å². The molecule has 4 aliphatic rings. The lowest BCUT2D eigenvalue weighted by Gasteiger charge is -2.53. The van der Waals surface area contributed by atoms with E-state index in [1.54, 1.807) is 0 Å². The third-order valence-electron chi connectivity index (χ3n) is 10.5. The molecule has 0 saturated carbocycles. The zero-order chi connectivity index (χ0) is 29.4. The van der Waals surface area contributed by atoms with Gasteiger partial charge in [-0.2, -0.15) is 10.2 Å². The normalized spacial score (nSPS) is 26.9. The average molecular weight is 570 g/mol. The second kappa shape index (κ2) is 9.68. The van der Waals surface area contributed by atoms with Gasteiger partial charge in [0.15, 0.2) is 17.3 Å². The number of fused-ring (bicyclic) bond motifs is 4. The first-order valence-corrected chi connectivity index (χ1v) is 15.2. The molecule has 3 N–H and O–H groups in total. The summed E-state index contributed by atoms with van der Waals surface area (Å²) < 4.78 is 12.7. The Labute approximate surface area is 246 Å². The van der Waals surface area contributed by atoms with Crippen molar-refractivity contribution < 1.29 is 14.4 Å². The highest BCUT2D eigenvalue weighted by atomic mass is 16.5. The van der Waals surface area contributed by atoms with Crippen LogP contribution >= 0.6 is 0 Å². The summed E-state index contributed by atoms with van der Waals surface area (Å²) in [4.78, 5) is 14.3. The minimum absolute atomic E-state index is 0.0533. The van der Waals surface area contributed by atoms with E-state index < -0.39 is 17.1 Å². The summed E-state index contributed by atoms with van der Waals surface area (Å²) in [5.41, 5.74) is 10.2. The van der Waals surface area contributed by atoms with Crippen LogP contribution in [0.15, 0.2) is 22.7 Å². The Hall–Kier alpha value is -3.68. The quantitative estimate of drug-likeness (QED) is 0.434. The Bertz CT molecular complexity index is 1590. The maximum absolute atomic E-state index is 10.5. The van der Waals surface area contributed by atoms with Gasteiger partial charge in [0.25, 0.3) is 0 Å². The van der Waals surface area contributed by atoms with Gasteiger partial charge in [0.1, 0.15) is 18.0 Å². The number of nitrogen functional groups attached to an aromatic ring is 1. The molecule has 2 saturated heterocycles. The fourth-order valence-electron chi connectivity index (χ4n) is 7.86. The molecule has 2 aromatic heterocycles. The van der Waals surface area contributed by atoms with E-state index in [1.165, 1.54) is 0 Å². The predicted molar refractivity (Wildman–Crippen MR) is 158 cm³/mol. The van der Waals surface area contributed by atoms with Crippen molar-refractivity contribution in [1.29, 1.82) is 5.26 Å². The van der Waals surface area contributed by atoms with Crippen LogP contribution in [0.1, 0.15) is 80.9 Å². The SMILES string of the molecule is CC(Oc1cc(N2CC(O)C2(C)C)nc(-c2noc3c2CCCC32CCc3ccc(N)c(C#N)c32)n1)C1CCCN1C. The van der Waals surface area contributed by atoms with E-state index in [9.17, 15) is 10.4 Å². The second-order valence-corrected chi connectivity index (χ2v) is 13.1. The number of rotatable bonds is 5. The maximum atomic E-state index is 10.5. The van der Waals surface area contributed by atoms with Gasteiger partial charge in [-0.15, -0.1) is 0 Å². The number of likely N-dealkylation sites (tertiary alicyclic amines) is 1. The molecule has 4 atom stereocenters. The number of aryl methyl sites for hydroxylation is 1. The zero-order valence-electron chi connectivity index (χ0n) is 24.9. The predicted octanol–water partition coefficient (Wildman–Crippen LogP) is 3.98. The van der Waals surface area contributed by atoms with Gasteiger partial charge in [-0.05, 0) is 96.5 Å². The minimum Gasteiger partial charge on any atom is -0.473 e. The Morgan fingerprint density at radius 1 is 1.21 bits per heavy atom. The first kappa shape index (κ1) is 27.2. The third-order valence-corrected chi connectivity index (χ3v) is 10.5. The molecule has 0 bridgehead atoms. The molecule has 4 heterocycles. The molecule has 10 nitrogen and oxygen atoms in total. The van der Waals surface area contributed by atoms with Crippen LogP contribution in [0.4, 0.5) is 11.5 Å². The number of nitriles is 1. The summed E-state index contributed by atoms with van der Waals surface area (Å²) >= 11 is 0. The lowest BCUT2D eigenvalue weighted by atomic mass is 9.68. The van der Waals surface area contributed by atoms with Crippen molar-refractivity contribution in [3.05, 3.63) is 46.2 Å². The van der Waals surface area contributed by atoms with Gasteiger partial charge in [0, 0.05) is 29.9 Å². The highest BCUT2D eigenvalue weighted by Gasteiger charge is 2.50. The average Bonchev–Trinajstić information content (AvgIpc) is 3.70. The van der Waals surface area contributed by atoms with Crippen molar-refractivity contribution in [1.82, 2.24) is 20.0 Å². The summed E-state index contributed by atoms with van der Waals surface area (Å²) in [6, 6.07) is 8.46. The maximum Gasteiger partial charge on any atom is 0.219 e. The second-order valence-electron chi connectivity index (χ2n) is 13.1. The first-order valence-electron chi connectivity index (χ1n) is 15.2. The fraction of sp³-hybridized carbons (Fsp3) is 0.562. The van der Waals surface area contributed by atoms with Gasteiger partial charge in [0.05, 0.1) is 22.6 Å². The molecule has 220 valence electrons. The standard InChI is InChI=1S/C32H39N7O3/c1-18(23-8-6-14-38(23)4)41-26-15-25(39-17-24(40)31(39,2)3)35-30(36-26)28-20-7-5-12-32(29(20)42-37-28)13-11-19-9-10-22(34)21(16-33)27(19)32/h9-10,15,18,23-24,40H,5-8,11-14,17,34H2,1-4H3. The number of likely N-dealkylation sites (N-methyl/N-ethyl adjacent to an activating group) is 1. The Kier molecular flexibility index (Phi) is 6.26. The highest BCUT2D eigenvalue weighted by Crippen LogP contribution is 2.54. The van der Waals surface area contributed by atoms with Crippen LogP contribution in [0.25, 0.3) is 11.5 Å². The number of aromatic nitrogens is 3. The van der Waals surface area contributed by atoms with E-state index in [-0.39, 0.29) is 6.10 Å². The fourth-order valence-corrected chi connectivity index (χ4v) is 7.86. The third kappa shape index (κ3) is 3.93. The smallest absolute Gasteiger partial charge is 0.219 e. The van der Waals surface area contributed by atoms with Gasteiger partial charge in [0.2, 0.25) is 5.88 Å². The number of hydrogen-bond donors (Lipinski definition) is 2. The Morgan fingerprint density at radius 2 is 2.05 bits per heavy atom. The number of nitrogens with zero attached hydrogens (tertiary/aromatic N) is 6. The van der Waals surface area contributed by atoms with Crippen LogP contribution in [0.5, 0.6) is 5.88 Å². The number of β-amino-alcohol motifs (C(OH)–C–C–N with tert-alkyl or cyclic N) is 1. The van der Waals surface area contributed by atoms with Crippen LogP contribution in [0.2, 0.25) is 0 Å². The van der Waals surface area contributed by atoms with E-state index in [0.717, 1.165) is 73.9 Å². The van der Waals surface area contributed by atoms with Gasteiger partial charge in [-0.1, -0.05) is 11.2 Å². The van der Waals surface area contributed by atoms with Crippen molar-refractivity contribution >= 4 is 11.5 Å².